The summed E-state index contributed by atoms with van der Waals surface area (Å²) in [6.07, 6.45) is 3.35. The molecule has 1 aliphatic carbocycles. The van der Waals surface area contributed by atoms with Gasteiger partial charge in [-0.05, 0) is 18.0 Å². The minimum Gasteiger partial charge on any atom is -0.308 e. The molecule has 0 radical (unpaired) electrons. The second kappa shape index (κ2) is 2.51. The summed E-state index contributed by atoms with van der Waals surface area (Å²) in [5.74, 6) is 1.06. The van der Waals surface area contributed by atoms with Crippen LogP contribution in [0.1, 0.15) is 24.6 Å². The zero-order valence-corrected chi connectivity index (χ0v) is 6.28. The monoisotopic (exact) mass is 165 g/mol. The lowest BCUT2D eigenvalue weighted by Crippen LogP contribution is -2.09. The highest BCUT2D eigenvalue weighted by molar-refractivity contribution is 5.30. The van der Waals surface area contributed by atoms with E-state index in [1.807, 2.05) is 0 Å². The molecule has 1 aromatic heterocycles. The first-order valence-corrected chi connectivity index (χ1v) is 3.74. The maximum atomic E-state index is 11.0. The van der Waals surface area contributed by atoms with Crippen LogP contribution in [-0.2, 0) is 0 Å². The molecule has 1 N–H and O–H groups in total. The van der Waals surface area contributed by atoms with Crippen LogP contribution in [0.2, 0.25) is 0 Å². The first-order chi connectivity index (χ1) is 5.81. The van der Waals surface area contributed by atoms with Crippen molar-refractivity contribution in [2.24, 2.45) is 5.18 Å². The van der Waals surface area contributed by atoms with Gasteiger partial charge in [0.05, 0.1) is 6.20 Å². The zero-order chi connectivity index (χ0) is 8.55. The number of aromatic nitrogens is 2. The second-order valence-corrected chi connectivity index (χ2v) is 2.85. The fourth-order valence-electron chi connectivity index (χ4n) is 1.03. The van der Waals surface area contributed by atoms with Crippen molar-refractivity contribution in [1.82, 2.24) is 9.97 Å². The Morgan fingerprint density at radius 3 is 2.83 bits per heavy atom. The van der Waals surface area contributed by atoms with Gasteiger partial charge in [0.2, 0.25) is 0 Å². The van der Waals surface area contributed by atoms with Gasteiger partial charge < -0.3 is 4.98 Å². The number of nitrogens with one attached hydrogen (secondary N) is 1. The number of nitrogens with zero attached hydrogens (tertiary/aromatic N) is 2. The van der Waals surface area contributed by atoms with Crippen LogP contribution in [0.25, 0.3) is 0 Å². The van der Waals surface area contributed by atoms with E-state index in [4.69, 9.17) is 0 Å². The summed E-state index contributed by atoms with van der Waals surface area (Å²) in [5.41, 5.74) is -0.596. The van der Waals surface area contributed by atoms with E-state index < -0.39 is 5.56 Å². The summed E-state index contributed by atoms with van der Waals surface area (Å²) in [7, 11) is 0. The molecular weight excluding hydrogens is 158 g/mol. The molecule has 1 aliphatic rings. The summed E-state index contributed by atoms with van der Waals surface area (Å²) in [4.78, 5) is 27.5. The van der Waals surface area contributed by atoms with Gasteiger partial charge in [-0.2, -0.15) is 0 Å². The van der Waals surface area contributed by atoms with Gasteiger partial charge in [-0.25, -0.2) is 4.98 Å². The van der Waals surface area contributed by atoms with Crippen LogP contribution in [0.3, 0.4) is 0 Å². The van der Waals surface area contributed by atoms with Crippen LogP contribution in [-0.4, -0.2) is 9.97 Å². The van der Waals surface area contributed by atoms with Crippen molar-refractivity contribution in [2.75, 3.05) is 0 Å². The minimum atomic E-state index is -0.443. The lowest BCUT2D eigenvalue weighted by atomic mass is 10.4. The van der Waals surface area contributed by atoms with Crippen LogP contribution >= 0.6 is 0 Å². The second-order valence-electron chi connectivity index (χ2n) is 2.85. The number of H-pyrrole nitrogens is 1. The molecule has 0 saturated heterocycles. The Morgan fingerprint density at radius 1 is 1.58 bits per heavy atom. The van der Waals surface area contributed by atoms with E-state index in [2.05, 4.69) is 15.1 Å². The smallest absolute Gasteiger partial charge is 0.280 e. The molecule has 62 valence electrons. The van der Waals surface area contributed by atoms with Gasteiger partial charge in [0.15, 0.2) is 5.69 Å². The molecule has 1 fully saturated rings. The van der Waals surface area contributed by atoms with E-state index in [1.165, 1.54) is 6.20 Å². The molecule has 1 aromatic rings. The number of nitroso groups, excluding NO2 is 1. The summed E-state index contributed by atoms with van der Waals surface area (Å²) < 4.78 is 0. The summed E-state index contributed by atoms with van der Waals surface area (Å²) >= 11 is 0. The molecule has 12 heavy (non-hydrogen) atoms. The van der Waals surface area contributed by atoms with Crippen LogP contribution in [0.4, 0.5) is 5.69 Å². The quantitative estimate of drug-likeness (QED) is 0.665. The molecule has 5 nitrogen and oxygen atoms in total. The van der Waals surface area contributed by atoms with Gasteiger partial charge in [-0.1, -0.05) is 0 Å². The number of aromatic amines is 1. The normalized spacial score (nSPS) is 16.0. The fourth-order valence-corrected chi connectivity index (χ4v) is 1.03. The predicted molar refractivity (Wildman–Crippen MR) is 42.3 cm³/mol. The number of hydrogen-bond acceptors (Lipinski definition) is 4. The predicted octanol–water partition coefficient (Wildman–Crippen LogP) is 1.05. The van der Waals surface area contributed by atoms with Crippen molar-refractivity contribution in [3.8, 4) is 0 Å². The van der Waals surface area contributed by atoms with Crippen molar-refractivity contribution in [1.29, 1.82) is 0 Å². The first kappa shape index (κ1) is 7.15. The highest BCUT2D eigenvalue weighted by atomic mass is 16.3. The SMILES string of the molecule is O=Nc1cnc(C2CC2)[nH]c1=O. The number of rotatable bonds is 2. The van der Waals surface area contributed by atoms with Gasteiger partial charge in [0.1, 0.15) is 5.82 Å². The molecule has 2 rings (SSSR count). The maximum absolute atomic E-state index is 11.0. The van der Waals surface area contributed by atoms with Gasteiger partial charge in [0, 0.05) is 5.92 Å². The maximum Gasteiger partial charge on any atom is 0.280 e. The summed E-state index contributed by atoms with van der Waals surface area (Å²) in [6, 6.07) is 0. The van der Waals surface area contributed by atoms with E-state index in [0.29, 0.717) is 11.7 Å². The van der Waals surface area contributed by atoms with Gasteiger partial charge in [0.25, 0.3) is 5.56 Å². The third-order valence-electron chi connectivity index (χ3n) is 1.86. The molecule has 0 bridgehead atoms. The number of hydrogen-bond donors (Lipinski definition) is 1. The molecule has 0 atom stereocenters. The molecule has 0 unspecified atom stereocenters. The average Bonchev–Trinajstić information content (AvgIpc) is 2.86. The van der Waals surface area contributed by atoms with E-state index in [-0.39, 0.29) is 5.69 Å². The van der Waals surface area contributed by atoms with Crippen LogP contribution in [0, 0.1) is 4.91 Å². The van der Waals surface area contributed by atoms with Crippen LogP contribution in [0.15, 0.2) is 16.2 Å². The highest BCUT2D eigenvalue weighted by Gasteiger charge is 2.26. The van der Waals surface area contributed by atoms with Gasteiger partial charge in [-0.15, -0.1) is 4.91 Å². The van der Waals surface area contributed by atoms with Crippen molar-refractivity contribution in [2.45, 2.75) is 18.8 Å². The molecule has 1 saturated carbocycles. The molecule has 0 amide bonds. The summed E-state index contributed by atoms with van der Waals surface area (Å²) in [6.45, 7) is 0. The molecule has 0 aromatic carbocycles. The molecule has 1 heterocycles. The van der Waals surface area contributed by atoms with Crippen molar-refractivity contribution in [3.05, 3.63) is 27.3 Å². The Labute approximate surface area is 67.8 Å². The largest absolute Gasteiger partial charge is 0.308 e. The van der Waals surface area contributed by atoms with Crippen molar-refractivity contribution < 1.29 is 0 Å². The van der Waals surface area contributed by atoms with E-state index in [9.17, 15) is 9.70 Å². The Kier molecular flexibility index (Phi) is 1.49. The van der Waals surface area contributed by atoms with Crippen molar-refractivity contribution in [3.63, 3.8) is 0 Å². The Bertz CT molecular complexity index is 367. The minimum absolute atomic E-state index is 0.153. The first-order valence-electron chi connectivity index (χ1n) is 3.74. The Morgan fingerprint density at radius 2 is 2.33 bits per heavy atom. The molecule has 0 spiro atoms. The lowest BCUT2D eigenvalue weighted by Gasteiger charge is -1.94. The van der Waals surface area contributed by atoms with Crippen LogP contribution in [0.5, 0.6) is 0 Å². The topological polar surface area (TPSA) is 75.2 Å². The zero-order valence-electron chi connectivity index (χ0n) is 6.28. The Balaban J connectivity index is 2.43. The van der Waals surface area contributed by atoms with Gasteiger partial charge >= 0.3 is 0 Å². The third kappa shape index (κ3) is 1.13. The average molecular weight is 165 g/mol. The van der Waals surface area contributed by atoms with Crippen molar-refractivity contribution >= 4 is 5.69 Å². The van der Waals surface area contributed by atoms with Crippen LogP contribution < -0.4 is 5.56 Å². The van der Waals surface area contributed by atoms with Gasteiger partial charge in [-0.3, -0.25) is 4.79 Å². The molecule has 0 aliphatic heterocycles. The third-order valence-corrected chi connectivity index (χ3v) is 1.86. The lowest BCUT2D eigenvalue weighted by molar-refractivity contribution is 0.907. The van der Waals surface area contributed by atoms with E-state index in [1.54, 1.807) is 0 Å². The van der Waals surface area contributed by atoms with E-state index >= 15 is 0 Å². The molecule has 5 heteroatoms. The molecular formula is C7H7N3O2. The highest BCUT2D eigenvalue weighted by Crippen LogP contribution is 2.37. The Hall–Kier alpha value is -1.52. The van der Waals surface area contributed by atoms with E-state index in [0.717, 1.165) is 12.8 Å². The summed E-state index contributed by atoms with van der Waals surface area (Å²) in [5, 5.41) is 2.53. The standard InChI is InChI=1S/C7H7N3O2/c11-7-5(10-12)3-8-6(9-7)4-1-2-4/h3-4H,1-2H2,(H,8,9,11). The fraction of sp³-hybridized carbons (Fsp3) is 0.429.